The Kier molecular flexibility index (Phi) is 4.27. The van der Waals surface area contributed by atoms with Crippen LogP contribution in [0.15, 0.2) is 30.3 Å². The van der Waals surface area contributed by atoms with Crippen molar-refractivity contribution < 1.29 is 4.79 Å². The molecule has 2 aliphatic rings. The van der Waals surface area contributed by atoms with Gasteiger partial charge in [-0.15, -0.1) is 0 Å². The van der Waals surface area contributed by atoms with Crippen molar-refractivity contribution in [1.29, 1.82) is 5.26 Å². The van der Waals surface area contributed by atoms with Crippen LogP contribution in [0.3, 0.4) is 0 Å². The maximum atomic E-state index is 12.3. The Labute approximate surface area is 147 Å². The molecule has 0 unspecified atom stereocenters. The Hall–Kier alpha value is -2.61. The van der Waals surface area contributed by atoms with Crippen LogP contribution in [0.2, 0.25) is 0 Å². The number of hydrogen-bond donors (Lipinski definition) is 1. The highest BCUT2D eigenvalue weighted by Gasteiger charge is 2.31. The minimum absolute atomic E-state index is 0.166. The van der Waals surface area contributed by atoms with Crippen molar-refractivity contribution in [2.75, 3.05) is 0 Å². The van der Waals surface area contributed by atoms with Crippen molar-refractivity contribution in [1.82, 2.24) is 15.1 Å². The van der Waals surface area contributed by atoms with Crippen LogP contribution in [-0.2, 0) is 6.54 Å². The van der Waals surface area contributed by atoms with Gasteiger partial charge in [0.1, 0.15) is 0 Å². The van der Waals surface area contributed by atoms with Crippen LogP contribution in [0.25, 0.3) is 0 Å². The number of amides is 1. The van der Waals surface area contributed by atoms with E-state index in [1.165, 1.54) is 44.2 Å². The van der Waals surface area contributed by atoms with Gasteiger partial charge < -0.3 is 5.32 Å². The molecule has 0 saturated heterocycles. The maximum Gasteiger partial charge on any atom is 0.251 e. The molecule has 1 amide bonds. The number of rotatable bonds is 5. The summed E-state index contributed by atoms with van der Waals surface area (Å²) in [6.07, 6.45) is 7.52. The fourth-order valence-electron chi connectivity index (χ4n) is 3.68. The van der Waals surface area contributed by atoms with E-state index in [4.69, 9.17) is 10.4 Å². The Bertz CT molecular complexity index is 822. The largest absolute Gasteiger partial charge is 0.346 e. The van der Waals surface area contributed by atoms with E-state index >= 15 is 0 Å². The summed E-state index contributed by atoms with van der Waals surface area (Å²) in [5.74, 6) is 0.491. The molecular weight excluding hydrogens is 312 g/mol. The summed E-state index contributed by atoms with van der Waals surface area (Å²) in [6, 6.07) is 11.5. The van der Waals surface area contributed by atoms with Crippen molar-refractivity contribution in [3.8, 4) is 6.07 Å². The van der Waals surface area contributed by atoms with Crippen LogP contribution in [0, 0.1) is 11.3 Å². The third kappa shape index (κ3) is 3.43. The number of carbonyl (C=O) groups is 1. The van der Waals surface area contributed by atoms with E-state index < -0.39 is 0 Å². The first-order valence-electron chi connectivity index (χ1n) is 9.11. The lowest BCUT2D eigenvalue weighted by atomic mass is 10.1. The lowest BCUT2D eigenvalue weighted by molar-refractivity contribution is 0.0950. The Balaban J connectivity index is 1.46. The molecule has 2 aromatic rings. The minimum atomic E-state index is -0.166. The summed E-state index contributed by atoms with van der Waals surface area (Å²) in [7, 11) is 0. The summed E-state index contributed by atoms with van der Waals surface area (Å²) < 4.78 is 2.24. The van der Waals surface area contributed by atoms with E-state index in [2.05, 4.69) is 22.1 Å². The van der Waals surface area contributed by atoms with E-state index in [0.717, 1.165) is 5.69 Å². The van der Waals surface area contributed by atoms with Crippen molar-refractivity contribution in [3.63, 3.8) is 0 Å². The van der Waals surface area contributed by atoms with E-state index in [9.17, 15) is 4.79 Å². The highest BCUT2D eigenvalue weighted by atomic mass is 16.1. The van der Waals surface area contributed by atoms with Gasteiger partial charge in [-0.25, -0.2) is 0 Å². The second kappa shape index (κ2) is 6.72. The summed E-state index contributed by atoms with van der Waals surface area (Å²) in [5.41, 5.74) is 3.28. The second-order valence-corrected chi connectivity index (χ2v) is 7.09. The number of nitrogens with one attached hydrogen (secondary N) is 1. The standard InChI is InChI=1S/C20H22N4O/c21-12-14-4-3-5-16(10-14)20(25)22-13-17-11-19(15-8-9-15)24(23-17)18-6-1-2-7-18/h3-5,10-11,15,18H,1-2,6-9,13H2,(H,22,25). The van der Waals surface area contributed by atoms with E-state index in [-0.39, 0.29) is 5.91 Å². The lowest BCUT2D eigenvalue weighted by Gasteiger charge is -2.13. The predicted molar refractivity (Wildman–Crippen MR) is 94.0 cm³/mol. The molecule has 0 aliphatic heterocycles. The molecule has 2 fully saturated rings. The quantitative estimate of drug-likeness (QED) is 0.907. The molecule has 25 heavy (non-hydrogen) atoms. The zero-order valence-electron chi connectivity index (χ0n) is 14.2. The van der Waals surface area contributed by atoms with Gasteiger partial charge in [0.05, 0.1) is 29.9 Å². The van der Waals surface area contributed by atoms with Crippen molar-refractivity contribution in [3.05, 3.63) is 52.8 Å². The zero-order chi connectivity index (χ0) is 17.2. The van der Waals surface area contributed by atoms with E-state index in [1.54, 1.807) is 24.3 Å². The van der Waals surface area contributed by atoms with Gasteiger partial charge in [0.15, 0.2) is 0 Å². The summed E-state index contributed by atoms with van der Waals surface area (Å²) in [5, 5.41) is 16.7. The first-order valence-corrected chi connectivity index (χ1v) is 9.11. The smallest absolute Gasteiger partial charge is 0.251 e. The Morgan fingerprint density at radius 2 is 2.04 bits per heavy atom. The van der Waals surface area contributed by atoms with Crippen LogP contribution in [0.4, 0.5) is 0 Å². The fraction of sp³-hybridized carbons (Fsp3) is 0.450. The van der Waals surface area contributed by atoms with Gasteiger partial charge >= 0.3 is 0 Å². The second-order valence-electron chi connectivity index (χ2n) is 7.09. The molecule has 1 heterocycles. The summed E-state index contributed by atoms with van der Waals surface area (Å²) in [4.78, 5) is 12.3. The molecule has 0 bridgehead atoms. The molecule has 1 aromatic carbocycles. The van der Waals surface area contributed by atoms with Crippen LogP contribution in [0.1, 0.15) is 77.8 Å². The van der Waals surface area contributed by atoms with Gasteiger partial charge in [-0.2, -0.15) is 10.4 Å². The van der Waals surface area contributed by atoms with Gasteiger partial charge in [-0.1, -0.05) is 18.9 Å². The first-order chi connectivity index (χ1) is 12.2. The normalized spacial score (nSPS) is 17.4. The molecule has 1 N–H and O–H groups in total. The van der Waals surface area contributed by atoms with Gasteiger partial charge in [0.2, 0.25) is 0 Å². The lowest BCUT2D eigenvalue weighted by Crippen LogP contribution is -2.23. The van der Waals surface area contributed by atoms with Crippen LogP contribution < -0.4 is 5.32 Å². The molecule has 0 spiro atoms. The summed E-state index contributed by atoms with van der Waals surface area (Å²) >= 11 is 0. The van der Waals surface area contributed by atoms with Gasteiger partial charge in [-0.05, 0) is 49.9 Å². The molecule has 5 nitrogen and oxygen atoms in total. The SMILES string of the molecule is N#Cc1cccc(C(=O)NCc2cc(C3CC3)n(C3CCCC3)n2)c1. The first kappa shape index (κ1) is 15.9. The molecule has 2 aliphatic carbocycles. The number of carbonyl (C=O) groups excluding carboxylic acids is 1. The third-order valence-corrected chi connectivity index (χ3v) is 5.17. The van der Waals surface area contributed by atoms with Gasteiger partial charge in [0, 0.05) is 17.2 Å². The minimum Gasteiger partial charge on any atom is -0.346 e. The zero-order valence-corrected chi connectivity index (χ0v) is 14.2. The highest BCUT2D eigenvalue weighted by Crippen LogP contribution is 2.43. The average molecular weight is 334 g/mol. The molecule has 4 rings (SSSR count). The molecule has 5 heteroatoms. The van der Waals surface area contributed by atoms with Gasteiger partial charge in [-0.3, -0.25) is 9.48 Å². The van der Waals surface area contributed by atoms with Crippen LogP contribution in [-0.4, -0.2) is 15.7 Å². The molecule has 0 atom stereocenters. The fourth-order valence-corrected chi connectivity index (χ4v) is 3.68. The number of benzene rings is 1. The van der Waals surface area contributed by atoms with Crippen molar-refractivity contribution in [2.45, 2.75) is 57.0 Å². The molecule has 128 valence electrons. The predicted octanol–water partition coefficient (Wildman–Crippen LogP) is 3.68. The highest BCUT2D eigenvalue weighted by molar-refractivity contribution is 5.94. The number of nitrogens with zero attached hydrogens (tertiary/aromatic N) is 3. The topological polar surface area (TPSA) is 70.7 Å². The van der Waals surface area contributed by atoms with Crippen LogP contribution in [0.5, 0.6) is 0 Å². The van der Waals surface area contributed by atoms with Crippen molar-refractivity contribution in [2.24, 2.45) is 0 Å². The molecular formula is C20H22N4O. The molecule has 0 radical (unpaired) electrons. The molecule has 1 aromatic heterocycles. The summed E-state index contributed by atoms with van der Waals surface area (Å²) in [6.45, 7) is 0.426. The maximum absolute atomic E-state index is 12.3. The average Bonchev–Trinajstić information content (AvgIpc) is 3.18. The molecule has 2 saturated carbocycles. The third-order valence-electron chi connectivity index (χ3n) is 5.17. The number of hydrogen-bond acceptors (Lipinski definition) is 3. The van der Waals surface area contributed by atoms with Crippen molar-refractivity contribution >= 4 is 5.91 Å². The van der Waals surface area contributed by atoms with E-state index in [0.29, 0.717) is 29.6 Å². The number of nitriles is 1. The van der Waals surface area contributed by atoms with Crippen LogP contribution >= 0.6 is 0 Å². The number of aromatic nitrogens is 2. The van der Waals surface area contributed by atoms with Gasteiger partial charge in [0.25, 0.3) is 5.91 Å². The Morgan fingerprint density at radius 1 is 1.24 bits per heavy atom. The van der Waals surface area contributed by atoms with E-state index in [1.807, 2.05) is 0 Å². The monoisotopic (exact) mass is 334 g/mol. The Morgan fingerprint density at radius 3 is 2.76 bits per heavy atom.